The molecule has 0 aliphatic carbocycles. The number of hydrogen-bond acceptors (Lipinski definition) is 3. The second kappa shape index (κ2) is 5.85. The Hall–Kier alpha value is -3.51. The van der Waals surface area contributed by atoms with Gasteiger partial charge in [0.2, 0.25) is 0 Å². The Morgan fingerprint density at radius 2 is 1.84 bits per heavy atom. The van der Waals surface area contributed by atoms with E-state index in [-0.39, 0.29) is 5.70 Å². The van der Waals surface area contributed by atoms with Gasteiger partial charge in [-0.2, -0.15) is 5.26 Å². The van der Waals surface area contributed by atoms with Crippen LogP contribution >= 0.6 is 0 Å². The minimum atomic E-state index is 0.190. The van der Waals surface area contributed by atoms with E-state index in [4.69, 9.17) is 15.4 Å². The van der Waals surface area contributed by atoms with Crippen LogP contribution in [0.15, 0.2) is 76.9 Å². The number of nitrogens with zero attached hydrogens (tertiary/aromatic N) is 1. The highest BCUT2D eigenvalue weighted by Crippen LogP contribution is 2.36. The minimum Gasteiger partial charge on any atom is -0.456 e. The van der Waals surface area contributed by atoms with Gasteiger partial charge in [-0.15, -0.1) is 0 Å². The highest BCUT2D eigenvalue weighted by atomic mass is 16.3. The van der Waals surface area contributed by atoms with Gasteiger partial charge in [0.25, 0.3) is 0 Å². The minimum absolute atomic E-state index is 0.190. The number of allylic oxidation sites excluding steroid dienone is 4. The summed E-state index contributed by atoms with van der Waals surface area (Å²) in [4.78, 5) is 0. The molecule has 3 aromatic carbocycles. The zero-order valence-electron chi connectivity index (χ0n) is 13.8. The Kier molecular flexibility index (Phi) is 3.52. The van der Waals surface area contributed by atoms with E-state index in [1.807, 2.05) is 49.4 Å². The van der Waals surface area contributed by atoms with Crippen LogP contribution in [0.1, 0.15) is 12.5 Å². The van der Waals surface area contributed by atoms with Crippen LogP contribution in [0.4, 0.5) is 0 Å². The predicted octanol–water partition coefficient (Wildman–Crippen LogP) is 5.51. The summed E-state index contributed by atoms with van der Waals surface area (Å²) >= 11 is 0. The number of nitrogens with two attached hydrogens (primary N) is 1. The summed E-state index contributed by atoms with van der Waals surface area (Å²) in [5, 5.41) is 13.5. The highest BCUT2D eigenvalue weighted by Gasteiger charge is 2.11. The third-order valence-electron chi connectivity index (χ3n) is 4.44. The van der Waals surface area contributed by atoms with E-state index < -0.39 is 0 Å². The van der Waals surface area contributed by atoms with Gasteiger partial charge in [-0.05, 0) is 53.1 Å². The first-order chi connectivity index (χ1) is 12.2. The Labute approximate surface area is 145 Å². The predicted molar refractivity (Wildman–Crippen MR) is 103 cm³/mol. The first kappa shape index (κ1) is 15.0. The van der Waals surface area contributed by atoms with Gasteiger partial charge in [0.05, 0.1) is 0 Å². The second-order valence-electron chi connectivity index (χ2n) is 5.93. The van der Waals surface area contributed by atoms with Crippen molar-refractivity contribution >= 4 is 38.3 Å². The van der Waals surface area contributed by atoms with Crippen molar-refractivity contribution in [2.24, 2.45) is 5.73 Å². The Morgan fingerprint density at radius 1 is 1.04 bits per heavy atom. The molecule has 0 saturated carbocycles. The highest BCUT2D eigenvalue weighted by molar-refractivity contribution is 6.19. The zero-order valence-corrected chi connectivity index (χ0v) is 13.8. The molecular formula is C22H16N2O. The summed E-state index contributed by atoms with van der Waals surface area (Å²) in [5.74, 6) is 0. The largest absolute Gasteiger partial charge is 0.456 e. The van der Waals surface area contributed by atoms with E-state index in [1.165, 1.54) is 10.8 Å². The molecule has 0 fully saturated rings. The fourth-order valence-electron chi connectivity index (χ4n) is 3.26. The molecule has 0 aliphatic rings. The third kappa shape index (κ3) is 2.45. The lowest BCUT2D eigenvalue weighted by Gasteiger charge is -2.03. The molecule has 0 radical (unpaired) electrons. The lowest BCUT2D eigenvalue weighted by atomic mass is 9.99. The molecule has 3 heteroatoms. The van der Waals surface area contributed by atoms with Crippen LogP contribution in [0, 0.1) is 11.3 Å². The van der Waals surface area contributed by atoms with Gasteiger partial charge < -0.3 is 10.2 Å². The number of benzene rings is 3. The number of hydrogen-bond donors (Lipinski definition) is 1. The van der Waals surface area contributed by atoms with Gasteiger partial charge in [-0.25, -0.2) is 0 Å². The van der Waals surface area contributed by atoms with Crippen molar-refractivity contribution in [3.05, 3.63) is 78.0 Å². The van der Waals surface area contributed by atoms with E-state index in [0.29, 0.717) is 0 Å². The van der Waals surface area contributed by atoms with Crippen LogP contribution in [-0.2, 0) is 0 Å². The van der Waals surface area contributed by atoms with Gasteiger partial charge in [-0.1, -0.05) is 42.5 Å². The standard InChI is InChI=1S/C22H16N2O/c1-2-14(11-17(24)13-23)16-8-9-20-19(12-16)22-18-6-4-3-5-15(18)7-10-21(22)25-20/h2-12H,24H2,1H3/b14-2+,17-11-. The number of fused-ring (bicyclic) bond motifs is 5. The lowest BCUT2D eigenvalue weighted by molar-refractivity contribution is 0.669. The zero-order chi connectivity index (χ0) is 17.4. The molecule has 0 saturated heterocycles. The molecule has 0 unspecified atom stereocenters. The Morgan fingerprint density at radius 3 is 2.64 bits per heavy atom. The molecule has 0 bridgehead atoms. The first-order valence-electron chi connectivity index (χ1n) is 8.09. The van der Waals surface area contributed by atoms with E-state index in [9.17, 15) is 0 Å². The van der Waals surface area contributed by atoms with Crippen molar-refractivity contribution in [2.75, 3.05) is 0 Å². The van der Waals surface area contributed by atoms with E-state index in [1.54, 1.807) is 6.08 Å². The molecule has 0 amide bonds. The second-order valence-corrected chi connectivity index (χ2v) is 5.93. The average Bonchev–Trinajstić information content (AvgIpc) is 3.04. The van der Waals surface area contributed by atoms with Crippen molar-refractivity contribution in [3.63, 3.8) is 0 Å². The van der Waals surface area contributed by atoms with Crippen LogP contribution in [0.25, 0.3) is 38.3 Å². The molecule has 4 rings (SSSR count). The summed E-state index contributed by atoms with van der Waals surface area (Å²) in [6.45, 7) is 1.93. The molecule has 120 valence electrons. The molecule has 0 atom stereocenters. The lowest BCUT2D eigenvalue weighted by Crippen LogP contribution is -1.93. The number of furan rings is 1. The van der Waals surface area contributed by atoms with Crippen molar-refractivity contribution in [2.45, 2.75) is 6.92 Å². The van der Waals surface area contributed by atoms with Gasteiger partial charge >= 0.3 is 0 Å². The summed E-state index contributed by atoms with van der Waals surface area (Å²) < 4.78 is 6.02. The molecule has 1 heterocycles. The van der Waals surface area contributed by atoms with Crippen molar-refractivity contribution in [1.29, 1.82) is 5.26 Å². The van der Waals surface area contributed by atoms with Gasteiger partial charge in [0.15, 0.2) is 0 Å². The molecule has 2 N–H and O–H groups in total. The summed E-state index contributed by atoms with van der Waals surface area (Å²) in [6, 6.07) is 20.4. The summed E-state index contributed by atoms with van der Waals surface area (Å²) in [6.07, 6.45) is 3.65. The topological polar surface area (TPSA) is 63.0 Å². The van der Waals surface area contributed by atoms with Crippen molar-refractivity contribution in [1.82, 2.24) is 0 Å². The van der Waals surface area contributed by atoms with E-state index >= 15 is 0 Å². The number of rotatable bonds is 2. The van der Waals surface area contributed by atoms with E-state index in [2.05, 4.69) is 24.3 Å². The first-order valence-corrected chi connectivity index (χ1v) is 8.09. The van der Waals surface area contributed by atoms with Crippen molar-refractivity contribution < 1.29 is 4.42 Å². The summed E-state index contributed by atoms with van der Waals surface area (Å²) in [5.41, 5.74) is 9.52. The quantitative estimate of drug-likeness (QED) is 0.390. The monoisotopic (exact) mass is 324 g/mol. The molecule has 25 heavy (non-hydrogen) atoms. The Bertz CT molecular complexity index is 1220. The van der Waals surface area contributed by atoms with Gasteiger partial charge in [0.1, 0.15) is 22.9 Å². The number of nitriles is 1. The van der Waals surface area contributed by atoms with Crippen LogP contribution < -0.4 is 5.73 Å². The summed E-state index contributed by atoms with van der Waals surface area (Å²) in [7, 11) is 0. The van der Waals surface area contributed by atoms with E-state index in [0.717, 1.165) is 33.1 Å². The van der Waals surface area contributed by atoms with Gasteiger partial charge in [0, 0.05) is 10.8 Å². The van der Waals surface area contributed by atoms with Crippen molar-refractivity contribution in [3.8, 4) is 6.07 Å². The maximum atomic E-state index is 8.94. The Balaban J connectivity index is 2.03. The molecule has 1 aromatic heterocycles. The SMILES string of the molecule is C/C=C(\C=C(/N)C#N)c1ccc2oc3ccc4ccccc4c3c2c1. The molecule has 4 aromatic rings. The maximum absolute atomic E-state index is 8.94. The molecule has 3 nitrogen and oxygen atoms in total. The van der Waals surface area contributed by atoms with Crippen LogP contribution in [0.5, 0.6) is 0 Å². The van der Waals surface area contributed by atoms with Crippen LogP contribution in [-0.4, -0.2) is 0 Å². The average molecular weight is 324 g/mol. The fraction of sp³-hybridized carbons (Fsp3) is 0.0455. The smallest absolute Gasteiger partial charge is 0.136 e. The van der Waals surface area contributed by atoms with Gasteiger partial charge in [-0.3, -0.25) is 0 Å². The molecule has 0 aliphatic heterocycles. The fourth-order valence-corrected chi connectivity index (χ4v) is 3.26. The normalized spacial score (nSPS) is 12.8. The third-order valence-corrected chi connectivity index (χ3v) is 4.44. The van der Waals surface area contributed by atoms with Crippen LogP contribution in [0.2, 0.25) is 0 Å². The maximum Gasteiger partial charge on any atom is 0.136 e. The molecule has 0 spiro atoms. The molecular weight excluding hydrogens is 308 g/mol. The van der Waals surface area contributed by atoms with Crippen LogP contribution in [0.3, 0.4) is 0 Å².